The Kier molecular flexibility index (Phi) is 6.28. The summed E-state index contributed by atoms with van der Waals surface area (Å²) in [7, 11) is 0. The van der Waals surface area contributed by atoms with Gasteiger partial charge in [-0.2, -0.15) is 0 Å². The molecular formula is C8H14O4. The van der Waals surface area contributed by atoms with E-state index >= 15 is 0 Å². The molecule has 0 saturated heterocycles. The molecule has 0 aliphatic heterocycles. The first-order chi connectivity index (χ1) is 5.66. The van der Waals surface area contributed by atoms with Crippen molar-refractivity contribution in [3.63, 3.8) is 0 Å². The van der Waals surface area contributed by atoms with Crippen molar-refractivity contribution in [2.75, 3.05) is 13.2 Å². The summed E-state index contributed by atoms with van der Waals surface area (Å²) in [5.74, 6) is -1.22. The minimum atomic E-state index is -0.626. The Morgan fingerprint density at radius 3 is 2.50 bits per heavy atom. The smallest absolute Gasteiger partial charge is 0.339 e. The van der Waals surface area contributed by atoms with Crippen LogP contribution in [0.3, 0.4) is 0 Å². The molecule has 0 aromatic carbocycles. The Labute approximate surface area is 71.8 Å². The van der Waals surface area contributed by atoms with E-state index < -0.39 is 11.9 Å². The predicted molar refractivity (Wildman–Crippen MR) is 42.5 cm³/mol. The molecule has 12 heavy (non-hydrogen) atoms. The minimum absolute atomic E-state index is 0.139. The van der Waals surface area contributed by atoms with Crippen molar-refractivity contribution in [3.8, 4) is 0 Å². The van der Waals surface area contributed by atoms with E-state index in [1.807, 2.05) is 6.92 Å². The number of unbranched alkanes of at least 4 members (excludes halogenated alkanes) is 1. The fourth-order valence-electron chi connectivity index (χ4n) is 0.592. The van der Waals surface area contributed by atoms with Crippen LogP contribution in [0.15, 0.2) is 0 Å². The van der Waals surface area contributed by atoms with Crippen molar-refractivity contribution >= 4 is 11.9 Å². The largest absolute Gasteiger partial charge is 0.392 e. The summed E-state index contributed by atoms with van der Waals surface area (Å²) in [6.07, 6.45) is 1.93. The van der Waals surface area contributed by atoms with E-state index in [2.05, 4.69) is 4.74 Å². The molecule has 0 atom stereocenters. The molecule has 0 aliphatic carbocycles. The van der Waals surface area contributed by atoms with Gasteiger partial charge in [0.25, 0.3) is 0 Å². The van der Waals surface area contributed by atoms with Crippen LogP contribution in [0.2, 0.25) is 0 Å². The Morgan fingerprint density at radius 2 is 2.00 bits per heavy atom. The molecule has 0 aliphatic rings. The van der Waals surface area contributed by atoms with Crippen molar-refractivity contribution in [1.29, 1.82) is 0 Å². The van der Waals surface area contributed by atoms with Gasteiger partial charge in [-0.3, -0.25) is 4.79 Å². The standard InChI is InChI=1S/C8H14O4/c1-3-4-5-11-6-8(10)12-7(2)9/h3-6H2,1-2H3. The Morgan fingerprint density at radius 1 is 1.33 bits per heavy atom. The SMILES string of the molecule is CCCCOCC(=O)OC(C)=O. The second kappa shape index (κ2) is 6.79. The predicted octanol–water partition coefficient (Wildman–Crippen LogP) is 0.893. The van der Waals surface area contributed by atoms with Gasteiger partial charge in [-0.15, -0.1) is 0 Å². The quantitative estimate of drug-likeness (QED) is 0.353. The highest BCUT2D eigenvalue weighted by Crippen LogP contribution is 1.88. The van der Waals surface area contributed by atoms with Crippen molar-refractivity contribution in [1.82, 2.24) is 0 Å². The molecular weight excluding hydrogens is 160 g/mol. The van der Waals surface area contributed by atoms with Crippen LogP contribution in [0.4, 0.5) is 0 Å². The number of carbonyl (C=O) groups is 2. The van der Waals surface area contributed by atoms with Crippen molar-refractivity contribution in [3.05, 3.63) is 0 Å². The average molecular weight is 174 g/mol. The van der Waals surface area contributed by atoms with Crippen LogP contribution in [0.25, 0.3) is 0 Å². The second-order valence-corrected chi connectivity index (χ2v) is 2.37. The number of rotatable bonds is 5. The van der Waals surface area contributed by atoms with E-state index in [1.165, 1.54) is 6.92 Å². The van der Waals surface area contributed by atoms with Gasteiger partial charge in [0.05, 0.1) is 0 Å². The second-order valence-electron chi connectivity index (χ2n) is 2.37. The van der Waals surface area contributed by atoms with Crippen LogP contribution in [-0.2, 0) is 19.1 Å². The third kappa shape index (κ3) is 7.21. The fraction of sp³-hybridized carbons (Fsp3) is 0.750. The molecule has 70 valence electrons. The molecule has 0 radical (unpaired) electrons. The number of carbonyl (C=O) groups excluding carboxylic acids is 2. The lowest BCUT2D eigenvalue weighted by molar-refractivity contribution is -0.161. The summed E-state index contributed by atoms with van der Waals surface area (Å²) in [5.41, 5.74) is 0. The molecule has 0 aromatic rings. The zero-order valence-corrected chi connectivity index (χ0v) is 7.46. The van der Waals surface area contributed by atoms with Gasteiger partial charge in [-0.25, -0.2) is 4.79 Å². The summed E-state index contributed by atoms with van der Waals surface area (Å²) >= 11 is 0. The van der Waals surface area contributed by atoms with E-state index in [4.69, 9.17) is 4.74 Å². The minimum Gasteiger partial charge on any atom is -0.392 e. The molecule has 0 saturated carbocycles. The van der Waals surface area contributed by atoms with Gasteiger partial charge >= 0.3 is 11.9 Å². The average Bonchev–Trinajstić information content (AvgIpc) is 1.97. The zero-order chi connectivity index (χ0) is 9.40. The van der Waals surface area contributed by atoms with Crippen LogP contribution in [0.5, 0.6) is 0 Å². The lowest BCUT2D eigenvalue weighted by Gasteiger charge is -2.01. The number of ether oxygens (including phenoxy) is 2. The number of esters is 2. The van der Waals surface area contributed by atoms with Crippen molar-refractivity contribution in [2.45, 2.75) is 26.7 Å². The van der Waals surface area contributed by atoms with E-state index in [-0.39, 0.29) is 6.61 Å². The van der Waals surface area contributed by atoms with Gasteiger partial charge in [0, 0.05) is 13.5 Å². The van der Waals surface area contributed by atoms with E-state index in [0.29, 0.717) is 6.61 Å². The normalized spacial score (nSPS) is 9.50. The highest BCUT2D eigenvalue weighted by molar-refractivity contribution is 5.84. The van der Waals surface area contributed by atoms with Crippen LogP contribution in [-0.4, -0.2) is 25.2 Å². The van der Waals surface area contributed by atoms with Gasteiger partial charge in [-0.05, 0) is 6.42 Å². The molecule has 0 spiro atoms. The van der Waals surface area contributed by atoms with E-state index in [0.717, 1.165) is 12.8 Å². The zero-order valence-electron chi connectivity index (χ0n) is 7.46. The van der Waals surface area contributed by atoms with E-state index in [1.54, 1.807) is 0 Å². The van der Waals surface area contributed by atoms with E-state index in [9.17, 15) is 9.59 Å². The molecule has 0 aromatic heterocycles. The lowest BCUT2D eigenvalue weighted by Crippen LogP contribution is -2.15. The summed E-state index contributed by atoms with van der Waals surface area (Å²) in [6, 6.07) is 0. The fourth-order valence-corrected chi connectivity index (χ4v) is 0.592. The first-order valence-electron chi connectivity index (χ1n) is 3.95. The van der Waals surface area contributed by atoms with Crippen LogP contribution >= 0.6 is 0 Å². The maximum atomic E-state index is 10.6. The first-order valence-corrected chi connectivity index (χ1v) is 3.95. The molecule has 0 heterocycles. The van der Waals surface area contributed by atoms with Gasteiger partial charge < -0.3 is 9.47 Å². The molecule has 0 rings (SSSR count). The summed E-state index contributed by atoms with van der Waals surface area (Å²) < 4.78 is 9.14. The first kappa shape index (κ1) is 11.1. The summed E-state index contributed by atoms with van der Waals surface area (Å²) in [6.45, 7) is 3.60. The third-order valence-electron chi connectivity index (χ3n) is 1.12. The van der Waals surface area contributed by atoms with Crippen LogP contribution < -0.4 is 0 Å². The molecule has 0 amide bonds. The van der Waals surface area contributed by atoms with Crippen LogP contribution in [0, 0.1) is 0 Å². The Hall–Kier alpha value is -0.900. The van der Waals surface area contributed by atoms with Crippen molar-refractivity contribution < 1.29 is 19.1 Å². The molecule has 0 N–H and O–H groups in total. The monoisotopic (exact) mass is 174 g/mol. The lowest BCUT2D eigenvalue weighted by atomic mass is 10.4. The molecule has 0 unspecified atom stereocenters. The van der Waals surface area contributed by atoms with Crippen LogP contribution in [0.1, 0.15) is 26.7 Å². The molecule has 4 heteroatoms. The summed E-state index contributed by atoms with van der Waals surface area (Å²) in [4.78, 5) is 20.9. The summed E-state index contributed by atoms with van der Waals surface area (Å²) in [5, 5.41) is 0. The Balaban J connectivity index is 3.26. The van der Waals surface area contributed by atoms with Gasteiger partial charge in [-0.1, -0.05) is 13.3 Å². The highest BCUT2D eigenvalue weighted by atomic mass is 16.6. The number of hydrogen-bond acceptors (Lipinski definition) is 4. The molecule has 0 bridgehead atoms. The highest BCUT2D eigenvalue weighted by Gasteiger charge is 2.04. The Bertz CT molecular complexity index is 153. The van der Waals surface area contributed by atoms with Crippen molar-refractivity contribution in [2.24, 2.45) is 0 Å². The number of hydrogen-bond donors (Lipinski definition) is 0. The topological polar surface area (TPSA) is 52.6 Å². The molecule has 4 nitrogen and oxygen atoms in total. The molecule has 0 fully saturated rings. The maximum Gasteiger partial charge on any atom is 0.339 e. The van der Waals surface area contributed by atoms with Gasteiger partial charge in [0.15, 0.2) is 0 Å². The van der Waals surface area contributed by atoms with Gasteiger partial charge in [0.2, 0.25) is 0 Å². The van der Waals surface area contributed by atoms with Gasteiger partial charge in [0.1, 0.15) is 6.61 Å². The maximum absolute atomic E-state index is 10.6. The third-order valence-corrected chi connectivity index (χ3v) is 1.12.